The minimum atomic E-state index is -0.329. The molecule has 2 amide bonds. The molecule has 1 saturated heterocycles. The molecule has 2 rings (SSSR count). The lowest BCUT2D eigenvalue weighted by Crippen LogP contribution is -2.38. The number of nitrogens with one attached hydrogen (secondary N) is 1. The van der Waals surface area contributed by atoms with Crippen LogP contribution in [0, 0.1) is 11.3 Å². The Bertz CT molecular complexity index is 528. The molecule has 0 aliphatic carbocycles. The average molecular weight is 257 g/mol. The summed E-state index contributed by atoms with van der Waals surface area (Å²) < 4.78 is 0. The molecule has 1 heterocycles. The Balaban J connectivity index is 1.90. The highest BCUT2D eigenvalue weighted by Crippen LogP contribution is 2.07. The summed E-state index contributed by atoms with van der Waals surface area (Å²) in [4.78, 5) is 25.4. The maximum absolute atomic E-state index is 11.8. The van der Waals surface area contributed by atoms with Gasteiger partial charge in [0.05, 0.1) is 18.2 Å². The first-order valence-electron chi connectivity index (χ1n) is 6.27. The summed E-state index contributed by atoms with van der Waals surface area (Å²) in [6, 6.07) is 8.39. The first kappa shape index (κ1) is 13.1. The van der Waals surface area contributed by atoms with Crippen molar-refractivity contribution < 1.29 is 9.59 Å². The Kier molecular flexibility index (Phi) is 4.14. The zero-order chi connectivity index (χ0) is 13.7. The van der Waals surface area contributed by atoms with Crippen molar-refractivity contribution in [3.8, 4) is 6.07 Å². The standard InChI is InChI=1S/C14H15N3O2/c15-9-11-4-3-5-12(8-11)14(19)16-10-13(18)17-6-1-2-7-17/h3-5,8H,1-2,6-7,10H2,(H,16,19). The molecule has 0 aromatic heterocycles. The summed E-state index contributed by atoms with van der Waals surface area (Å²) in [6.45, 7) is 1.56. The lowest BCUT2D eigenvalue weighted by molar-refractivity contribution is -0.129. The van der Waals surface area contributed by atoms with Crippen LogP contribution in [0.1, 0.15) is 28.8 Å². The molecule has 1 fully saturated rings. The van der Waals surface area contributed by atoms with E-state index in [0.29, 0.717) is 11.1 Å². The topological polar surface area (TPSA) is 73.2 Å². The van der Waals surface area contributed by atoms with Gasteiger partial charge in [-0.05, 0) is 31.0 Å². The van der Waals surface area contributed by atoms with Crippen LogP contribution >= 0.6 is 0 Å². The van der Waals surface area contributed by atoms with Crippen LogP contribution in [0.5, 0.6) is 0 Å². The van der Waals surface area contributed by atoms with Crippen molar-refractivity contribution in [3.63, 3.8) is 0 Å². The van der Waals surface area contributed by atoms with Gasteiger partial charge in [0, 0.05) is 18.7 Å². The van der Waals surface area contributed by atoms with E-state index in [1.54, 1.807) is 23.1 Å². The highest BCUT2D eigenvalue weighted by Gasteiger charge is 2.18. The molecular formula is C14H15N3O2. The maximum Gasteiger partial charge on any atom is 0.251 e. The molecule has 0 saturated carbocycles. The molecule has 0 unspecified atom stereocenters. The Morgan fingerprint density at radius 3 is 2.74 bits per heavy atom. The van der Waals surface area contributed by atoms with E-state index in [9.17, 15) is 9.59 Å². The number of hydrogen-bond donors (Lipinski definition) is 1. The summed E-state index contributed by atoms with van der Waals surface area (Å²) in [5, 5.41) is 11.4. The molecule has 98 valence electrons. The van der Waals surface area contributed by atoms with Crippen LogP contribution in [0.2, 0.25) is 0 Å². The van der Waals surface area contributed by atoms with Gasteiger partial charge >= 0.3 is 0 Å². The molecule has 0 spiro atoms. The van der Waals surface area contributed by atoms with Gasteiger partial charge in [0.1, 0.15) is 0 Å². The summed E-state index contributed by atoms with van der Waals surface area (Å²) in [5.74, 6) is -0.382. The zero-order valence-corrected chi connectivity index (χ0v) is 10.6. The highest BCUT2D eigenvalue weighted by molar-refractivity contribution is 5.96. The molecular weight excluding hydrogens is 242 g/mol. The molecule has 0 radical (unpaired) electrons. The van der Waals surface area contributed by atoms with Crippen molar-refractivity contribution in [2.75, 3.05) is 19.6 Å². The van der Waals surface area contributed by atoms with E-state index in [-0.39, 0.29) is 18.4 Å². The molecule has 1 aliphatic heterocycles. The number of carbonyl (C=O) groups is 2. The minimum absolute atomic E-state index is 0.00954. The SMILES string of the molecule is N#Cc1cccc(C(=O)NCC(=O)N2CCCC2)c1. The van der Waals surface area contributed by atoms with E-state index in [1.165, 1.54) is 6.07 Å². The summed E-state index contributed by atoms with van der Waals surface area (Å²) in [5.41, 5.74) is 0.826. The third kappa shape index (κ3) is 3.32. The van der Waals surface area contributed by atoms with Gasteiger partial charge in [0.15, 0.2) is 0 Å². The molecule has 5 nitrogen and oxygen atoms in total. The van der Waals surface area contributed by atoms with Crippen LogP contribution in [0.15, 0.2) is 24.3 Å². The van der Waals surface area contributed by atoms with Crippen molar-refractivity contribution >= 4 is 11.8 Å². The number of likely N-dealkylation sites (tertiary alicyclic amines) is 1. The fourth-order valence-electron chi connectivity index (χ4n) is 2.07. The normalized spacial score (nSPS) is 13.9. The third-order valence-corrected chi connectivity index (χ3v) is 3.11. The monoisotopic (exact) mass is 257 g/mol. The maximum atomic E-state index is 11.8. The van der Waals surface area contributed by atoms with Gasteiger partial charge in [-0.25, -0.2) is 0 Å². The van der Waals surface area contributed by atoms with Crippen molar-refractivity contribution in [2.45, 2.75) is 12.8 Å². The van der Waals surface area contributed by atoms with Crippen LogP contribution in [-0.4, -0.2) is 36.3 Å². The van der Waals surface area contributed by atoms with Crippen molar-refractivity contribution in [1.29, 1.82) is 5.26 Å². The van der Waals surface area contributed by atoms with Crippen molar-refractivity contribution in [1.82, 2.24) is 10.2 Å². The van der Waals surface area contributed by atoms with Crippen LogP contribution in [0.4, 0.5) is 0 Å². The van der Waals surface area contributed by atoms with Gasteiger partial charge < -0.3 is 10.2 Å². The fourth-order valence-corrected chi connectivity index (χ4v) is 2.07. The van der Waals surface area contributed by atoms with E-state index in [2.05, 4.69) is 5.32 Å². The lowest BCUT2D eigenvalue weighted by atomic mass is 10.1. The number of nitriles is 1. The number of carbonyl (C=O) groups excluding carboxylic acids is 2. The van der Waals surface area contributed by atoms with Gasteiger partial charge in [-0.3, -0.25) is 9.59 Å². The number of amides is 2. The summed E-state index contributed by atoms with van der Waals surface area (Å²) >= 11 is 0. The molecule has 1 aromatic carbocycles. The largest absolute Gasteiger partial charge is 0.343 e. The first-order chi connectivity index (χ1) is 9.20. The van der Waals surface area contributed by atoms with Crippen LogP contribution in [-0.2, 0) is 4.79 Å². The molecule has 0 bridgehead atoms. The number of nitrogens with zero attached hydrogens (tertiary/aromatic N) is 2. The van der Waals surface area contributed by atoms with E-state index < -0.39 is 0 Å². The van der Waals surface area contributed by atoms with Gasteiger partial charge in [-0.1, -0.05) is 6.07 Å². The predicted octanol–water partition coefficient (Wildman–Crippen LogP) is 0.910. The van der Waals surface area contributed by atoms with E-state index in [1.807, 2.05) is 6.07 Å². The van der Waals surface area contributed by atoms with Gasteiger partial charge in [0.25, 0.3) is 5.91 Å². The highest BCUT2D eigenvalue weighted by atomic mass is 16.2. The Labute approximate surface area is 111 Å². The van der Waals surface area contributed by atoms with Crippen molar-refractivity contribution in [2.24, 2.45) is 0 Å². The van der Waals surface area contributed by atoms with Crippen molar-refractivity contribution in [3.05, 3.63) is 35.4 Å². The number of hydrogen-bond acceptors (Lipinski definition) is 3. The third-order valence-electron chi connectivity index (χ3n) is 3.11. The lowest BCUT2D eigenvalue weighted by Gasteiger charge is -2.15. The molecule has 1 N–H and O–H groups in total. The van der Waals surface area contributed by atoms with E-state index >= 15 is 0 Å². The van der Waals surface area contributed by atoms with E-state index in [0.717, 1.165) is 25.9 Å². The molecule has 19 heavy (non-hydrogen) atoms. The summed E-state index contributed by atoms with van der Waals surface area (Å²) in [6.07, 6.45) is 2.06. The first-order valence-corrected chi connectivity index (χ1v) is 6.27. The quantitative estimate of drug-likeness (QED) is 0.874. The molecule has 1 aromatic rings. The van der Waals surface area contributed by atoms with Gasteiger partial charge in [0.2, 0.25) is 5.91 Å². The molecule has 5 heteroatoms. The second-order valence-electron chi connectivity index (χ2n) is 4.46. The van der Waals surface area contributed by atoms with Gasteiger partial charge in [-0.15, -0.1) is 0 Å². The number of benzene rings is 1. The smallest absolute Gasteiger partial charge is 0.251 e. The Morgan fingerprint density at radius 2 is 2.05 bits per heavy atom. The Hall–Kier alpha value is -2.35. The zero-order valence-electron chi connectivity index (χ0n) is 10.6. The fraction of sp³-hybridized carbons (Fsp3) is 0.357. The second kappa shape index (κ2) is 6.01. The Morgan fingerprint density at radius 1 is 1.32 bits per heavy atom. The van der Waals surface area contributed by atoms with Crippen LogP contribution in [0.25, 0.3) is 0 Å². The minimum Gasteiger partial charge on any atom is -0.343 e. The van der Waals surface area contributed by atoms with E-state index in [4.69, 9.17) is 5.26 Å². The number of rotatable bonds is 3. The summed E-state index contributed by atoms with van der Waals surface area (Å²) in [7, 11) is 0. The predicted molar refractivity (Wildman–Crippen MR) is 69.3 cm³/mol. The van der Waals surface area contributed by atoms with Crippen LogP contribution in [0.3, 0.4) is 0 Å². The second-order valence-corrected chi connectivity index (χ2v) is 4.46. The molecule has 1 aliphatic rings. The van der Waals surface area contributed by atoms with Crippen LogP contribution < -0.4 is 5.32 Å². The average Bonchev–Trinajstić information content (AvgIpc) is 2.98. The molecule has 0 atom stereocenters. The van der Waals surface area contributed by atoms with Gasteiger partial charge in [-0.2, -0.15) is 5.26 Å².